The molecule has 0 aromatic carbocycles. The Morgan fingerprint density at radius 1 is 1.35 bits per heavy atom. The molecule has 1 amide bonds. The highest BCUT2D eigenvalue weighted by Crippen LogP contribution is 2.37. The predicted molar refractivity (Wildman–Crippen MR) is 61.7 cm³/mol. The summed E-state index contributed by atoms with van der Waals surface area (Å²) in [5, 5.41) is 11.9. The maximum atomic E-state index is 12.0. The average molecular weight is 256 g/mol. The van der Waals surface area contributed by atoms with Gasteiger partial charge in [0.15, 0.2) is 9.84 Å². The molecule has 1 saturated heterocycles. The predicted octanol–water partition coefficient (Wildman–Crippen LogP) is 0.374. The summed E-state index contributed by atoms with van der Waals surface area (Å²) in [7, 11) is -2.99. The van der Waals surface area contributed by atoms with Crippen molar-refractivity contribution >= 4 is 15.7 Å². The lowest BCUT2D eigenvalue weighted by Gasteiger charge is -2.21. The lowest BCUT2D eigenvalue weighted by atomic mass is 9.87. The molecule has 5 nitrogen and oxygen atoms in total. The number of nitriles is 1. The van der Waals surface area contributed by atoms with Gasteiger partial charge in [0, 0.05) is 6.04 Å². The molecular formula is C11H16N2O3S. The summed E-state index contributed by atoms with van der Waals surface area (Å²) in [5.41, 5.74) is -0.910. The quantitative estimate of drug-likeness (QED) is 0.773. The molecular weight excluding hydrogens is 240 g/mol. The number of rotatable bonds is 2. The largest absolute Gasteiger partial charge is 0.351 e. The highest BCUT2D eigenvalue weighted by molar-refractivity contribution is 7.91. The zero-order valence-electron chi connectivity index (χ0n) is 9.61. The van der Waals surface area contributed by atoms with E-state index in [-0.39, 0.29) is 23.5 Å². The van der Waals surface area contributed by atoms with Crippen LogP contribution >= 0.6 is 0 Å². The molecule has 0 aromatic heterocycles. The number of hydrogen-bond acceptors (Lipinski definition) is 4. The van der Waals surface area contributed by atoms with Gasteiger partial charge in [-0.05, 0) is 19.3 Å². The maximum Gasteiger partial charge on any atom is 0.240 e. The minimum Gasteiger partial charge on any atom is -0.351 e. The molecule has 0 radical (unpaired) electrons. The second kappa shape index (κ2) is 4.30. The van der Waals surface area contributed by atoms with Gasteiger partial charge in [-0.15, -0.1) is 0 Å². The first kappa shape index (κ1) is 12.4. The van der Waals surface area contributed by atoms with E-state index >= 15 is 0 Å². The van der Waals surface area contributed by atoms with Crippen molar-refractivity contribution in [3.05, 3.63) is 0 Å². The molecule has 1 atom stereocenters. The normalized spacial score (nSPS) is 29.7. The first-order valence-corrected chi connectivity index (χ1v) is 7.72. The van der Waals surface area contributed by atoms with E-state index in [0.717, 1.165) is 12.8 Å². The van der Waals surface area contributed by atoms with Crippen molar-refractivity contribution in [1.82, 2.24) is 5.32 Å². The first-order valence-electron chi connectivity index (χ1n) is 5.90. The summed E-state index contributed by atoms with van der Waals surface area (Å²) < 4.78 is 22.6. The summed E-state index contributed by atoms with van der Waals surface area (Å²) in [4.78, 5) is 12.0. The fraction of sp³-hybridized carbons (Fsp3) is 0.818. The van der Waals surface area contributed by atoms with Crippen LogP contribution in [0.15, 0.2) is 0 Å². The Morgan fingerprint density at radius 2 is 2.00 bits per heavy atom. The summed E-state index contributed by atoms with van der Waals surface area (Å²) in [6.07, 6.45) is 3.44. The Kier molecular flexibility index (Phi) is 3.13. The first-order chi connectivity index (χ1) is 7.97. The second-order valence-corrected chi connectivity index (χ2v) is 7.20. The van der Waals surface area contributed by atoms with Gasteiger partial charge in [-0.1, -0.05) is 12.8 Å². The molecule has 2 fully saturated rings. The number of hydrogen-bond donors (Lipinski definition) is 1. The van der Waals surface area contributed by atoms with Crippen LogP contribution < -0.4 is 5.32 Å². The topological polar surface area (TPSA) is 87.0 Å². The van der Waals surface area contributed by atoms with Crippen LogP contribution in [0.4, 0.5) is 0 Å². The van der Waals surface area contributed by atoms with Crippen molar-refractivity contribution in [2.75, 3.05) is 11.5 Å². The molecule has 6 heteroatoms. The number of carbonyl (C=O) groups excluding carboxylic acids is 1. The maximum absolute atomic E-state index is 12.0. The molecule has 2 rings (SSSR count). The van der Waals surface area contributed by atoms with E-state index in [1.165, 1.54) is 0 Å². The van der Waals surface area contributed by atoms with Crippen molar-refractivity contribution in [1.29, 1.82) is 5.26 Å². The van der Waals surface area contributed by atoms with Gasteiger partial charge in [0.25, 0.3) is 0 Å². The zero-order valence-corrected chi connectivity index (χ0v) is 10.4. The van der Waals surface area contributed by atoms with Gasteiger partial charge in [-0.3, -0.25) is 4.79 Å². The van der Waals surface area contributed by atoms with E-state index in [1.54, 1.807) is 0 Å². The molecule has 1 N–H and O–H groups in total. The standard InChI is InChI=1S/C11H16N2O3S/c12-8-11(4-1-2-5-11)10(14)13-9-3-6-17(15,16)7-9/h9H,1-7H2,(H,13,14). The van der Waals surface area contributed by atoms with Crippen LogP contribution in [0.1, 0.15) is 32.1 Å². The number of nitrogens with zero attached hydrogens (tertiary/aromatic N) is 1. The molecule has 1 heterocycles. The Hall–Kier alpha value is -1.09. The van der Waals surface area contributed by atoms with Gasteiger partial charge < -0.3 is 5.32 Å². The number of sulfone groups is 1. The van der Waals surface area contributed by atoms with Gasteiger partial charge in [-0.25, -0.2) is 8.42 Å². The molecule has 1 aliphatic heterocycles. The van der Waals surface area contributed by atoms with Gasteiger partial charge in [0.05, 0.1) is 17.6 Å². The van der Waals surface area contributed by atoms with Gasteiger partial charge in [0.1, 0.15) is 5.41 Å². The lowest BCUT2D eigenvalue weighted by molar-refractivity contribution is -0.128. The van der Waals surface area contributed by atoms with E-state index in [0.29, 0.717) is 19.3 Å². The highest BCUT2D eigenvalue weighted by atomic mass is 32.2. The zero-order chi connectivity index (χ0) is 12.5. The SMILES string of the molecule is N#CC1(C(=O)NC2CCS(=O)(=O)C2)CCCC1. The molecule has 0 aromatic rings. The van der Waals surface area contributed by atoms with E-state index in [2.05, 4.69) is 11.4 Å². The Morgan fingerprint density at radius 3 is 2.47 bits per heavy atom. The number of carbonyl (C=O) groups is 1. The van der Waals surface area contributed by atoms with E-state index in [1.807, 2.05) is 0 Å². The molecule has 0 spiro atoms. The monoisotopic (exact) mass is 256 g/mol. The molecule has 2 aliphatic rings. The van der Waals surface area contributed by atoms with Gasteiger partial charge >= 0.3 is 0 Å². The fourth-order valence-electron chi connectivity index (χ4n) is 2.60. The van der Waals surface area contributed by atoms with Crippen LogP contribution in [0.25, 0.3) is 0 Å². The summed E-state index contributed by atoms with van der Waals surface area (Å²) in [6.45, 7) is 0. The summed E-state index contributed by atoms with van der Waals surface area (Å²) in [6, 6.07) is 1.80. The number of amides is 1. The van der Waals surface area contributed by atoms with Crippen LogP contribution in [-0.2, 0) is 14.6 Å². The van der Waals surface area contributed by atoms with Crippen LogP contribution in [0, 0.1) is 16.7 Å². The molecule has 1 aliphatic carbocycles. The molecule has 1 saturated carbocycles. The van der Waals surface area contributed by atoms with Gasteiger partial charge in [-0.2, -0.15) is 5.26 Å². The van der Waals surface area contributed by atoms with Crippen LogP contribution in [0.2, 0.25) is 0 Å². The molecule has 1 unspecified atom stereocenters. The molecule has 94 valence electrons. The van der Waals surface area contributed by atoms with Crippen molar-refractivity contribution in [3.63, 3.8) is 0 Å². The van der Waals surface area contributed by atoms with Crippen molar-refractivity contribution in [3.8, 4) is 6.07 Å². The third-order valence-corrected chi connectivity index (χ3v) is 5.44. The number of nitrogens with one attached hydrogen (secondary N) is 1. The van der Waals surface area contributed by atoms with Crippen LogP contribution in [0.5, 0.6) is 0 Å². The van der Waals surface area contributed by atoms with Crippen molar-refractivity contribution in [2.24, 2.45) is 5.41 Å². The Labute approximate surface area is 101 Å². The minimum atomic E-state index is -2.99. The minimum absolute atomic E-state index is 0.0141. The lowest BCUT2D eigenvalue weighted by Crippen LogP contribution is -2.44. The van der Waals surface area contributed by atoms with E-state index < -0.39 is 15.3 Å². The molecule has 17 heavy (non-hydrogen) atoms. The fourth-order valence-corrected chi connectivity index (χ4v) is 4.27. The Balaban J connectivity index is 2.00. The van der Waals surface area contributed by atoms with Crippen molar-refractivity contribution in [2.45, 2.75) is 38.1 Å². The smallest absolute Gasteiger partial charge is 0.240 e. The van der Waals surface area contributed by atoms with Crippen molar-refractivity contribution < 1.29 is 13.2 Å². The van der Waals surface area contributed by atoms with E-state index in [9.17, 15) is 13.2 Å². The Bertz CT molecular complexity index is 458. The molecule has 0 bridgehead atoms. The van der Waals surface area contributed by atoms with E-state index in [4.69, 9.17) is 5.26 Å². The van der Waals surface area contributed by atoms with Crippen LogP contribution in [-0.4, -0.2) is 31.9 Å². The third-order valence-electron chi connectivity index (χ3n) is 3.67. The van der Waals surface area contributed by atoms with Gasteiger partial charge in [0.2, 0.25) is 5.91 Å². The third kappa shape index (κ3) is 2.44. The second-order valence-electron chi connectivity index (χ2n) is 4.97. The average Bonchev–Trinajstić information content (AvgIpc) is 2.86. The van der Waals surface area contributed by atoms with Crippen LogP contribution in [0.3, 0.4) is 0 Å². The highest BCUT2D eigenvalue weighted by Gasteiger charge is 2.43. The summed E-state index contributed by atoms with van der Waals surface area (Å²) >= 11 is 0. The summed E-state index contributed by atoms with van der Waals surface area (Å²) in [5.74, 6) is -0.128.